The van der Waals surface area contributed by atoms with Crippen molar-refractivity contribution in [3.05, 3.63) is 68.7 Å². The minimum Gasteiger partial charge on any atom is -0.343 e. The molecule has 0 aliphatic carbocycles. The molecule has 0 spiro atoms. The van der Waals surface area contributed by atoms with Gasteiger partial charge in [-0.3, -0.25) is 9.59 Å². The Bertz CT molecular complexity index is 824. The summed E-state index contributed by atoms with van der Waals surface area (Å²) in [5.41, 5.74) is 1.34. The van der Waals surface area contributed by atoms with Crippen LogP contribution >= 0.6 is 34.8 Å². The van der Waals surface area contributed by atoms with Gasteiger partial charge in [0.05, 0.1) is 23.2 Å². The zero-order chi connectivity index (χ0) is 18.7. The molecule has 1 atom stereocenters. The Hall–Kier alpha value is -1.75. The number of halogens is 3. The number of carbonyl (C=O) groups is 2. The average molecular weight is 412 g/mol. The van der Waals surface area contributed by atoms with Gasteiger partial charge in [-0.25, -0.2) is 0 Å². The van der Waals surface area contributed by atoms with Gasteiger partial charge in [0.1, 0.15) is 0 Å². The zero-order valence-electron chi connectivity index (χ0n) is 13.8. The second kappa shape index (κ2) is 8.30. The van der Waals surface area contributed by atoms with Gasteiger partial charge < -0.3 is 10.2 Å². The first-order chi connectivity index (χ1) is 12.5. The molecule has 0 bridgehead atoms. The maximum atomic E-state index is 12.6. The molecule has 1 heterocycles. The smallest absolute Gasteiger partial charge is 0.253 e. The standard InChI is InChI=1S/C19H17Cl3N2O2/c20-13-5-3-12(4-6-13)17-2-1-9-24(17)18(25)11-23-19(26)15-8-7-14(21)10-16(15)22/h3-8,10,17H,1-2,9,11H2,(H,23,26). The van der Waals surface area contributed by atoms with Crippen LogP contribution in [0.3, 0.4) is 0 Å². The van der Waals surface area contributed by atoms with Crippen LogP contribution in [-0.4, -0.2) is 29.8 Å². The number of amides is 2. The first-order valence-electron chi connectivity index (χ1n) is 8.24. The lowest BCUT2D eigenvalue weighted by Gasteiger charge is -2.25. The molecule has 0 saturated carbocycles. The predicted molar refractivity (Wildman–Crippen MR) is 104 cm³/mol. The van der Waals surface area contributed by atoms with Crippen LogP contribution in [0.15, 0.2) is 42.5 Å². The van der Waals surface area contributed by atoms with Crippen LogP contribution in [-0.2, 0) is 4.79 Å². The molecular weight excluding hydrogens is 395 g/mol. The third-order valence-corrected chi connectivity index (χ3v) is 5.20. The van der Waals surface area contributed by atoms with Crippen molar-refractivity contribution in [2.45, 2.75) is 18.9 Å². The first kappa shape index (κ1) is 19.0. The Kier molecular flexibility index (Phi) is 6.07. The minimum atomic E-state index is -0.401. The summed E-state index contributed by atoms with van der Waals surface area (Å²) in [6, 6.07) is 12.1. The summed E-state index contributed by atoms with van der Waals surface area (Å²) in [5.74, 6) is -0.525. The van der Waals surface area contributed by atoms with E-state index in [0.29, 0.717) is 22.2 Å². The van der Waals surface area contributed by atoms with E-state index in [1.165, 1.54) is 12.1 Å². The summed E-state index contributed by atoms with van der Waals surface area (Å²) >= 11 is 17.8. The molecule has 1 aliphatic heterocycles. The maximum absolute atomic E-state index is 12.6. The zero-order valence-corrected chi connectivity index (χ0v) is 16.1. The SMILES string of the molecule is O=C(NCC(=O)N1CCCC1c1ccc(Cl)cc1)c1ccc(Cl)cc1Cl. The van der Waals surface area contributed by atoms with Gasteiger partial charge in [-0.1, -0.05) is 46.9 Å². The van der Waals surface area contributed by atoms with Crippen molar-refractivity contribution in [1.82, 2.24) is 10.2 Å². The van der Waals surface area contributed by atoms with Gasteiger partial charge in [0.25, 0.3) is 5.91 Å². The number of nitrogens with one attached hydrogen (secondary N) is 1. The number of carbonyl (C=O) groups excluding carboxylic acids is 2. The van der Waals surface area contributed by atoms with Gasteiger partial charge >= 0.3 is 0 Å². The van der Waals surface area contributed by atoms with E-state index < -0.39 is 5.91 Å². The molecule has 2 aromatic carbocycles. The van der Waals surface area contributed by atoms with E-state index >= 15 is 0 Å². The largest absolute Gasteiger partial charge is 0.343 e. The maximum Gasteiger partial charge on any atom is 0.253 e. The first-order valence-corrected chi connectivity index (χ1v) is 9.37. The highest BCUT2D eigenvalue weighted by Crippen LogP contribution is 2.32. The summed E-state index contributed by atoms with van der Waals surface area (Å²) < 4.78 is 0. The van der Waals surface area contributed by atoms with Crippen molar-refractivity contribution in [2.75, 3.05) is 13.1 Å². The summed E-state index contributed by atoms with van der Waals surface area (Å²) in [5, 5.41) is 4.00. The quantitative estimate of drug-likeness (QED) is 0.790. The van der Waals surface area contributed by atoms with Gasteiger partial charge in [-0.2, -0.15) is 0 Å². The lowest BCUT2D eigenvalue weighted by atomic mass is 10.0. The van der Waals surface area contributed by atoms with Crippen LogP contribution in [0.1, 0.15) is 34.8 Å². The van der Waals surface area contributed by atoms with E-state index in [1.807, 2.05) is 24.3 Å². The highest BCUT2D eigenvalue weighted by molar-refractivity contribution is 6.36. The molecule has 0 radical (unpaired) electrons. The molecule has 3 rings (SSSR count). The van der Waals surface area contributed by atoms with Crippen molar-refractivity contribution >= 4 is 46.6 Å². The molecular formula is C19H17Cl3N2O2. The molecule has 2 aromatic rings. The lowest BCUT2D eigenvalue weighted by molar-refractivity contribution is -0.131. The van der Waals surface area contributed by atoms with Crippen LogP contribution in [0.25, 0.3) is 0 Å². The van der Waals surface area contributed by atoms with Crippen LogP contribution in [0.4, 0.5) is 0 Å². The third-order valence-electron chi connectivity index (χ3n) is 4.40. The lowest BCUT2D eigenvalue weighted by Crippen LogP contribution is -2.39. The predicted octanol–water partition coefficient (Wildman–Crippen LogP) is 4.74. The van der Waals surface area contributed by atoms with Crippen LogP contribution < -0.4 is 5.32 Å². The van der Waals surface area contributed by atoms with Crippen molar-refractivity contribution < 1.29 is 9.59 Å². The summed E-state index contributed by atoms with van der Waals surface area (Å²) in [7, 11) is 0. The Morgan fingerprint density at radius 1 is 1.04 bits per heavy atom. The molecule has 1 aliphatic rings. The molecule has 2 amide bonds. The van der Waals surface area contributed by atoms with Gasteiger partial charge in [0.15, 0.2) is 0 Å². The van der Waals surface area contributed by atoms with E-state index in [1.54, 1.807) is 11.0 Å². The number of hydrogen-bond acceptors (Lipinski definition) is 2. The molecule has 1 saturated heterocycles. The molecule has 4 nitrogen and oxygen atoms in total. The summed E-state index contributed by atoms with van der Waals surface area (Å²) in [6.45, 7) is 0.589. The second-order valence-electron chi connectivity index (χ2n) is 6.10. The fourth-order valence-corrected chi connectivity index (χ4v) is 3.74. The third kappa shape index (κ3) is 4.32. The van der Waals surface area contributed by atoms with Gasteiger partial charge in [0, 0.05) is 16.6 Å². The molecule has 7 heteroatoms. The van der Waals surface area contributed by atoms with Crippen molar-refractivity contribution in [2.24, 2.45) is 0 Å². The van der Waals surface area contributed by atoms with Crippen molar-refractivity contribution in [1.29, 1.82) is 0 Å². The number of nitrogens with zero attached hydrogens (tertiary/aromatic N) is 1. The summed E-state index contributed by atoms with van der Waals surface area (Å²) in [6.07, 6.45) is 1.82. The van der Waals surface area contributed by atoms with Gasteiger partial charge in [-0.15, -0.1) is 0 Å². The number of likely N-dealkylation sites (tertiary alicyclic amines) is 1. The molecule has 26 heavy (non-hydrogen) atoms. The second-order valence-corrected chi connectivity index (χ2v) is 7.38. The Morgan fingerprint density at radius 2 is 1.73 bits per heavy atom. The van der Waals surface area contributed by atoms with E-state index in [4.69, 9.17) is 34.8 Å². The van der Waals surface area contributed by atoms with E-state index in [-0.39, 0.29) is 23.5 Å². The topological polar surface area (TPSA) is 49.4 Å². The van der Waals surface area contributed by atoms with Gasteiger partial charge in [-0.05, 0) is 48.7 Å². The average Bonchev–Trinajstić information content (AvgIpc) is 3.10. The number of rotatable bonds is 4. The van der Waals surface area contributed by atoms with E-state index in [9.17, 15) is 9.59 Å². The van der Waals surface area contributed by atoms with Crippen LogP contribution in [0, 0.1) is 0 Å². The Labute approximate surface area is 167 Å². The number of benzene rings is 2. The summed E-state index contributed by atoms with van der Waals surface area (Å²) in [4.78, 5) is 26.7. The molecule has 1 unspecified atom stereocenters. The fraction of sp³-hybridized carbons (Fsp3) is 0.263. The molecule has 0 aromatic heterocycles. The van der Waals surface area contributed by atoms with Crippen molar-refractivity contribution in [3.8, 4) is 0 Å². The molecule has 1 N–H and O–H groups in total. The Morgan fingerprint density at radius 3 is 2.42 bits per heavy atom. The van der Waals surface area contributed by atoms with Crippen LogP contribution in [0.2, 0.25) is 15.1 Å². The number of hydrogen-bond donors (Lipinski definition) is 1. The normalized spacial score (nSPS) is 16.6. The highest BCUT2D eigenvalue weighted by Gasteiger charge is 2.30. The fourth-order valence-electron chi connectivity index (χ4n) is 3.12. The van der Waals surface area contributed by atoms with E-state index in [2.05, 4.69) is 5.32 Å². The van der Waals surface area contributed by atoms with Crippen LogP contribution in [0.5, 0.6) is 0 Å². The monoisotopic (exact) mass is 410 g/mol. The molecule has 1 fully saturated rings. The van der Waals surface area contributed by atoms with Crippen molar-refractivity contribution in [3.63, 3.8) is 0 Å². The minimum absolute atomic E-state index is 0.00999. The van der Waals surface area contributed by atoms with Gasteiger partial charge in [0.2, 0.25) is 5.91 Å². The highest BCUT2D eigenvalue weighted by atomic mass is 35.5. The Balaban J connectivity index is 1.63. The van der Waals surface area contributed by atoms with E-state index in [0.717, 1.165) is 18.4 Å². The molecule has 136 valence electrons.